The van der Waals surface area contributed by atoms with Gasteiger partial charge in [0.2, 0.25) is 0 Å². The van der Waals surface area contributed by atoms with Gasteiger partial charge in [0.15, 0.2) is 5.78 Å². The highest BCUT2D eigenvalue weighted by Crippen LogP contribution is 2.32. The molecule has 2 aromatic rings. The van der Waals surface area contributed by atoms with Crippen molar-refractivity contribution in [3.05, 3.63) is 75.3 Å². The lowest BCUT2D eigenvalue weighted by Crippen LogP contribution is -2.04. The predicted octanol–water partition coefficient (Wildman–Crippen LogP) is 7.26. The Bertz CT molecular complexity index is 732. The Labute approximate surface area is 169 Å². The van der Waals surface area contributed by atoms with Crippen LogP contribution in [0, 0.1) is 17.0 Å². The Kier molecular flexibility index (Phi) is 10.8. The van der Waals surface area contributed by atoms with Crippen molar-refractivity contribution >= 4 is 11.5 Å². The van der Waals surface area contributed by atoms with Crippen molar-refractivity contribution in [1.82, 2.24) is 0 Å². The molecule has 28 heavy (non-hydrogen) atoms. The molecule has 0 N–H and O–H groups in total. The van der Waals surface area contributed by atoms with Crippen LogP contribution in [0.2, 0.25) is 0 Å². The maximum absolute atomic E-state index is 11.1. The predicted molar refractivity (Wildman–Crippen MR) is 116 cm³/mol. The van der Waals surface area contributed by atoms with Gasteiger partial charge in [-0.2, -0.15) is 0 Å². The van der Waals surface area contributed by atoms with E-state index in [1.807, 2.05) is 25.1 Å². The maximum atomic E-state index is 11.1. The fourth-order valence-corrected chi connectivity index (χ4v) is 3.17. The van der Waals surface area contributed by atoms with Gasteiger partial charge in [0.25, 0.3) is 5.69 Å². The molecule has 0 saturated heterocycles. The van der Waals surface area contributed by atoms with Gasteiger partial charge >= 0.3 is 0 Å². The van der Waals surface area contributed by atoms with Crippen molar-refractivity contribution in [3.8, 4) is 0 Å². The fraction of sp³-hybridized carbons (Fsp3) is 0.458. The number of hydrogen-bond donors (Lipinski definition) is 0. The van der Waals surface area contributed by atoms with Crippen molar-refractivity contribution in [2.75, 3.05) is 0 Å². The summed E-state index contributed by atoms with van der Waals surface area (Å²) < 4.78 is 0. The molecule has 1 saturated carbocycles. The van der Waals surface area contributed by atoms with E-state index in [1.54, 1.807) is 19.1 Å². The van der Waals surface area contributed by atoms with E-state index in [9.17, 15) is 14.9 Å². The number of nitrogens with zero attached hydrogens (tertiary/aromatic N) is 1. The second-order valence-electron chi connectivity index (χ2n) is 7.32. The minimum Gasteiger partial charge on any atom is -0.295 e. The molecule has 0 bridgehead atoms. The Balaban J connectivity index is 0.000000261. The maximum Gasteiger partial charge on any atom is 0.269 e. The molecule has 1 aliphatic rings. The fourth-order valence-electron chi connectivity index (χ4n) is 3.17. The highest BCUT2D eigenvalue weighted by atomic mass is 16.6. The molecule has 1 aliphatic carbocycles. The standard InChI is InChI=1S/C14H18O.C7H7NO2.C3H8/c1-11(15)12-7-9-14(10-8-12)13-5-3-2-4-6-13;1-6-3-2-4-7(5-6)8(9)10;1-3-2/h7-10,13H,2-6H2,1H3;2-5H,1H3;3H2,1-2H3. The van der Waals surface area contributed by atoms with Crippen LogP contribution < -0.4 is 0 Å². The first-order valence-corrected chi connectivity index (χ1v) is 10.2. The normalized spacial score (nSPS) is 13.4. The van der Waals surface area contributed by atoms with Crippen LogP contribution in [0.1, 0.15) is 86.7 Å². The summed E-state index contributed by atoms with van der Waals surface area (Å²) in [6, 6.07) is 14.7. The van der Waals surface area contributed by atoms with Crippen molar-refractivity contribution in [2.24, 2.45) is 0 Å². The average molecular weight is 384 g/mol. The first-order valence-electron chi connectivity index (χ1n) is 10.2. The van der Waals surface area contributed by atoms with Crippen molar-refractivity contribution in [2.45, 2.75) is 72.1 Å². The van der Waals surface area contributed by atoms with E-state index in [2.05, 4.69) is 26.0 Å². The summed E-state index contributed by atoms with van der Waals surface area (Å²) in [4.78, 5) is 20.9. The molecule has 2 aromatic carbocycles. The number of rotatable bonds is 3. The number of ketones is 1. The molecule has 0 radical (unpaired) electrons. The van der Waals surface area contributed by atoms with Crippen LogP contribution in [0.4, 0.5) is 5.69 Å². The third-order valence-corrected chi connectivity index (χ3v) is 4.61. The van der Waals surface area contributed by atoms with Crippen LogP contribution in [0.3, 0.4) is 0 Å². The smallest absolute Gasteiger partial charge is 0.269 e. The summed E-state index contributed by atoms with van der Waals surface area (Å²) in [6.45, 7) is 7.70. The summed E-state index contributed by atoms with van der Waals surface area (Å²) in [6.07, 6.45) is 8.00. The number of carbonyl (C=O) groups excluding carboxylic acids is 1. The van der Waals surface area contributed by atoms with Crippen LogP contribution >= 0.6 is 0 Å². The molecule has 4 nitrogen and oxygen atoms in total. The first kappa shape index (κ1) is 23.5. The Morgan fingerprint density at radius 3 is 2.04 bits per heavy atom. The number of carbonyl (C=O) groups is 1. The Morgan fingerprint density at radius 1 is 1.04 bits per heavy atom. The zero-order valence-electron chi connectivity index (χ0n) is 17.6. The van der Waals surface area contributed by atoms with Crippen molar-refractivity contribution < 1.29 is 9.72 Å². The summed E-state index contributed by atoms with van der Waals surface area (Å²) in [5, 5.41) is 10.2. The summed E-state index contributed by atoms with van der Waals surface area (Å²) in [5.74, 6) is 0.893. The molecule has 4 heteroatoms. The van der Waals surface area contributed by atoms with Gasteiger partial charge in [0.05, 0.1) is 4.92 Å². The lowest BCUT2D eigenvalue weighted by atomic mass is 9.84. The zero-order chi connectivity index (χ0) is 20.9. The molecule has 3 rings (SSSR count). The minimum atomic E-state index is -0.396. The number of aryl methyl sites for hydroxylation is 1. The number of hydrogen-bond acceptors (Lipinski definition) is 3. The largest absolute Gasteiger partial charge is 0.295 e. The lowest BCUT2D eigenvalue weighted by Gasteiger charge is -2.21. The van der Waals surface area contributed by atoms with Crippen LogP contribution in [0.5, 0.6) is 0 Å². The molecule has 0 aromatic heterocycles. The molecule has 0 heterocycles. The van der Waals surface area contributed by atoms with E-state index < -0.39 is 4.92 Å². The van der Waals surface area contributed by atoms with Gasteiger partial charge in [-0.15, -0.1) is 0 Å². The van der Waals surface area contributed by atoms with E-state index in [1.165, 1.54) is 50.2 Å². The highest BCUT2D eigenvalue weighted by Gasteiger charge is 2.15. The molecule has 0 atom stereocenters. The van der Waals surface area contributed by atoms with Gasteiger partial charge in [0, 0.05) is 17.7 Å². The van der Waals surface area contributed by atoms with E-state index in [0.29, 0.717) is 0 Å². The number of nitro groups is 1. The van der Waals surface area contributed by atoms with Gasteiger partial charge in [0.1, 0.15) is 0 Å². The molecule has 0 unspecified atom stereocenters. The number of non-ortho nitro benzene ring substituents is 1. The summed E-state index contributed by atoms with van der Waals surface area (Å²) in [5.41, 5.74) is 3.31. The van der Waals surface area contributed by atoms with E-state index in [-0.39, 0.29) is 11.5 Å². The van der Waals surface area contributed by atoms with E-state index in [0.717, 1.165) is 17.0 Å². The van der Waals surface area contributed by atoms with Gasteiger partial charge in [-0.05, 0) is 43.7 Å². The zero-order valence-corrected chi connectivity index (χ0v) is 17.6. The third-order valence-electron chi connectivity index (χ3n) is 4.61. The van der Waals surface area contributed by atoms with E-state index in [4.69, 9.17) is 0 Å². The average Bonchev–Trinajstić information content (AvgIpc) is 2.70. The quantitative estimate of drug-likeness (QED) is 0.318. The van der Waals surface area contributed by atoms with Crippen LogP contribution in [-0.4, -0.2) is 10.7 Å². The number of nitro benzene ring substituents is 1. The number of Topliss-reactive ketones (excluding diaryl/α,β-unsaturated/α-hetero) is 1. The molecule has 1 fully saturated rings. The monoisotopic (exact) mass is 383 g/mol. The van der Waals surface area contributed by atoms with Crippen LogP contribution in [-0.2, 0) is 0 Å². The summed E-state index contributed by atoms with van der Waals surface area (Å²) in [7, 11) is 0. The summed E-state index contributed by atoms with van der Waals surface area (Å²) >= 11 is 0. The Morgan fingerprint density at radius 2 is 1.61 bits per heavy atom. The Hall–Kier alpha value is -2.49. The SMILES string of the molecule is CC(=O)c1ccc(C2CCCCC2)cc1.CCC.Cc1cccc([N+](=O)[O-])c1. The van der Waals surface area contributed by atoms with Gasteiger partial charge in [-0.3, -0.25) is 14.9 Å². The number of benzene rings is 2. The molecule has 0 spiro atoms. The van der Waals surface area contributed by atoms with Gasteiger partial charge in [-0.1, -0.05) is 75.9 Å². The molecular weight excluding hydrogens is 350 g/mol. The van der Waals surface area contributed by atoms with Gasteiger partial charge in [-0.25, -0.2) is 0 Å². The molecule has 152 valence electrons. The minimum absolute atomic E-state index is 0.153. The molecule has 0 aliphatic heterocycles. The lowest BCUT2D eigenvalue weighted by molar-refractivity contribution is -0.384. The van der Waals surface area contributed by atoms with Crippen molar-refractivity contribution in [3.63, 3.8) is 0 Å². The van der Waals surface area contributed by atoms with Crippen molar-refractivity contribution in [1.29, 1.82) is 0 Å². The second-order valence-corrected chi connectivity index (χ2v) is 7.32. The van der Waals surface area contributed by atoms with Crippen LogP contribution in [0.25, 0.3) is 0 Å². The second kappa shape index (κ2) is 12.8. The van der Waals surface area contributed by atoms with E-state index >= 15 is 0 Å². The first-order chi connectivity index (χ1) is 13.4. The van der Waals surface area contributed by atoms with Gasteiger partial charge < -0.3 is 0 Å². The van der Waals surface area contributed by atoms with Crippen LogP contribution in [0.15, 0.2) is 48.5 Å². The molecular formula is C24H33NO3. The topological polar surface area (TPSA) is 60.2 Å². The molecule has 0 amide bonds. The third kappa shape index (κ3) is 8.47. The highest BCUT2D eigenvalue weighted by molar-refractivity contribution is 5.94.